The van der Waals surface area contributed by atoms with Crippen LogP contribution in [0.3, 0.4) is 0 Å². The molecular formula is C49H55N4O6+. The maximum Gasteiger partial charge on any atom is 0.326 e. The van der Waals surface area contributed by atoms with Gasteiger partial charge in [-0.25, -0.2) is 4.57 Å². The molecule has 0 fully saturated rings. The van der Waals surface area contributed by atoms with E-state index in [2.05, 4.69) is 92.2 Å². The summed E-state index contributed by atoms with van der Waals surface area (Å²) in [5.41, 5.74) is 6.89. The highest BCUT2D eigenvalue weighted by atomic mass is 16.7. The summed E-state index contributed by atoms with van der Waals surface area (Å²) < 4.78 is 17.9. The number of unbranched alkanes of at least 4 members (excludes halogenated alkanes) is 7. The molecule has 0 aliphatic rings. The number of hydrogen-bond donors (Lipinski definition) is 1. The smallest absolute Gasteiger partial charge is 0.326 e. The van der Waals surface area contributed by atoms with Crippen LogP contribution in [0.5, 0.6) is 0 Å². The fourth-order valence-electron chi connectivity index (χ4n) is 8.03. The van der Waals surface area contributed by atoms with Crippen molar-refractivity contribution < 1.29 is 33.3 Å². The largest absolute Gasteiger partial charge is 0.464 e. The quantitative estimate of drug-likeness (QED) is 0.0226. The molecule has 59 heavy (non-hydrogen) atoms. The van der Waals surface area contributed by atoms with E-state index in [4.69, 9.17) is 14.3 Å². The second-order valence-electron chi connectivity index (χ2n) is 15.1. The first-order chi connectivity index (χ1) is 29.1. The molecule has 0 unspecified atom stereocenters. The van der Waals surface area contributed by atoms with Gasteiger partial charge in [0, 0.05) is 75.0 Å². The highest BCUT2D eigenvalue weighted by Gasteiger charge is 2.24. The van der Waals surface area contributed by atoms with Crippen LogP contribution in [0, 0.1) is 0 Å². The molecule has 10 heteroatoms. The van der Waals surface area contributed by atoms with E-state index in [0.29, 0.717) is 19.5 Å². The average molecular weight is 796 g/mol. The third-order valence-corrected chi connectivity index (χ3v) is 11.1. The Bertz CT molecular complexity index is 2350. The standard InChI is InChI=1S/C49H55N4O6/c54-47(57-36-34-52-43-24-13-9-20-38(43)39-21-10-14-25-44(39)52)30-29-42(49(56)58-37-35-53-45-26-15-11-22-40(45)41-23-12-16-27-46(41)53)50-59-48(55)28-8-5-3-1-2-4-6-17-31-51-32-18-7-19-33-51/h7,9-16,18-27,32-33,42,50H,1-6,8,17,28-31,34-37H2/q+1/t42-/m1/s1. The number of hydrogen-bond acceptors (Lipinski definition) is 7. The van der Waals surface area contributed by atoms with Crippen LogP contribution in [-0.2, 0) is 48.3 Å². The molecule has 4 aromatic carbocycles. The van der Waals surface area contributed by atoms with E-state index in [0.717, 1.165) is 69.4 Å². The molecule has 0 spiro atoms. The number of carbonyl (C=O) groups is 3. The number of nitrogens with one attached hydrogen (secondary N) is 1. The van der Waals surface area contributed by atoms with Gasteiger partial charge < -0.3 is 23.4 Å². The van der Waals surface area contributed by atoms with Gasteiger partial charge in [0.25, 0.3) is 0 Å². The fourth-order valence-corrected chi connectivity index (χ4v) is 8.03. The molecular weight excluding hydrogens is 741 g/mol. The van der Waals surface area contributed by atoms with Gasteiger partial charge in [-0.3, -0.25) is 14.4 Å². The van der Waals surface area contributed by atoms with Crippen LogP contribution in [0.25, 0.3) is 43.6 Å². The molecule has 10 nitrogen and oxygen atoms in total. The SMILES string of the molecule is O=C(CC[C@@H](NOC(=O)CCCCCCCCCC[n+]1ccccc1)C(=O)OCCn1c2ccccc2c2ccccc21)OCCn1c2ccccc2c2ccccc21. The van der Waals surface area contributed by atoms with Crippen LogP contribution in [-0.4, -0.2) is 46.3 Å². The first-order valence-corrected chi connectivity index (χ1v) is 21.2. The molecule has 3 heterocycles. The number of fused-ring (bicyclic) bond motifs is 6. The maximum absolute atomic E-state index is 13.5. The van der Waals surface area contributed by atoms with Gasteiger partial charge in [0.1, 0.15) is 25.8 Å². The average Bonchev–Trinajstić information content (AvgIpc) is 3.77. The number of aromatic nitrogens is 3. The van der Waals surface area contributed by atoms with Crippen LogP contribution < -0.4 is 10.0 Å². The number of carbonyl (C=O) groups excluding carboxylic acids is 3. The number of hydroxylamine groups is 1. The molecule has 0 amide bonds. The molecule has 0 aliphatic heterocycles. The fraction of sp³-hybridized carbons (Fsp3) is 0.347. The highest BCUT2D eigenvalue weighted by Crippen LogP contribution is 2.30. The zero-order valence-corrected chi connectivity index (χ0v) is 33.8. The molecule has 7 aromatic rings. The Labute approximate surface area is 345 Å². The summed E-state index contributed by atoms with van der Waals surface area (Å²) in [6, 6.07) is 37.8. The lowest BCUT2D eigenvalue weighted by Gasteiger charge is -2.17. The molecule has 0 saturated heterocycles. The van der Waals surface area contributed by atoms with Crippen LogP contribution in [0.4, 0.5) is 0 Å². The van der Waals surface area contributed by atoms with E-state index in [1.54, 1.807) is 0 Å². The van der Waals surface area contributed by atoms with Gasteiger partial charge in [0.2, 0.25) is 0 Å². The zero-order valence-electron chi connectivity index (χ0n) is 33.8. The molecule has 0 aliphatic carbocycles. The van der Waals surface area contributed by atoms with Crippen molar-refractivity contribution in [3.8, 4) is 0 Å². The lowest BCUT2D eigenvalue weighted by atomic mass is 10.1. The third-order valence-electron chi connectivity index (χ3n) is 11.1. The highest BCUT2D eigenvalue weighted by molar-refractivity contribution is 6.08. The number of benzene rings is 4. The number of pyridine rings is 1. The molecule has 0 saturated carbocycles. The number of aryl methyl sites for hydroxylation is 1. The Kier molecular flexibility index (Phi) is 14.7. The van der Waals surface area contributed by atoms with Crippen molar-refractivity contribution >= 4 is 61.5 Å². The van der Waals surface area contributed by atoms with Crippen molar-refractivity contribution in [2.24, 2.45) is 0 Å². The van der Waals surface area contributed by atoms with Crippen molar-refractivity contribution in [3.05, 3.63) is 128 Å². The van der Waals surface area contributed by atoms with Crippen molar-refractivity contribution in [2.45, 2.75) is 96.3 Å². The number of para-hydroxylation sites is 4. The first kappa shape index (κ1) is 41.2. The van der Waals surface area contributed by atoms with Crippen molar-refractivity contribution in [3.63, 3.8) is 0 Å². The van der Waals surface area contributed by atoms with Gasteiger partial charge in [-0.15, -0.1) is 5.48 Å². The van der Waals surface area contributed by atoms with E-state index >= 15 is 0 Å². The lowest BCUT2D eigenvalue weighted by Crippen LogP contribution is -2.40. The minimum Gasteiger partial charge on any atom is -0.464 e. The Balaban J connectivity index is 0.874. The van der Waals surface area contributed by atoms with Crippen molar-refractivity contribution in [1.29, 1.82) is 0 Å². The number of ether oxygens (including phenoxy) is 2. The van der Waals surface area contributed by atoms with Gasteiger partial charge in [-0.05, 0) is 43.5 Å². The molecule has 1 N–H and O–H groups in total. The van der Waals surface area contributed by atoms with Gasteiger partial charge in [-0.1, -0.05) is 111 Å². The Morgan fingerprint density at radius 1 is 0.508 bits per heavy atom. The summed E-state index contributed by atoms with van der Waals surface area (Å²) in [5, 5.41) is 4.56. The van der Waals surface area contributed by atoms with Gasteiger partial charge in [0.05, 0.1) is 13.1 Å². The first-order valence-electron chi connectivity index (χ1n) is 21.2. The summed E-state index contributed by atoms with van der Waals surface area (Å²) in [5.74, 6) is -1.49. The van der Waals surface area contributed by atoms with Crippen molar-refractivity contribution in [2.75, 3.05) is 13.2 Å². The summed E-state index contributed by atoms with van der Waals surface area (Å²) in [4.78, 5) is 44.7. The van der Waals surface area contributed by atoms with Gasteiger partial charge >= 0.3 is 17.9 Å². The van der Waals surface area contributed by atoms with Crippen LogP contribution in [0.1, 0.15) is 70.6 Å². The van der Waals surface area contributed by atoms with E-state index in [9.17, 15) is 14.4 Å². The van der Waals surface area contributed by atoms with Gasteiger partial charge in [0.15, 0.2) is 12.4 Å². The predicted octanol–water partition coefficient (Wildman–Crippen LogP) is 9.38. The minimum atomic E-state index is -1.04. The Hall–Kier alpha value is -6.00. The molecule has 0 radical (unpaired) electrons. The molecule has 1 atom stereocenters. The monoisotopic (exact) mass is 795 g/mol. The number of nitrogens with zero attached hydrogens (tertiary/aromatic N) is 3. The summed E-state index contributed by atoms with van der Waals surface area (Å²) in [6.45, 7) is 2.24. The second-order valence-corrected chi connectivity index (χ2v) is 15.1. The van der Waals surface area contributed by atoms with E-state index in [1.165, 1.54) is 25.7 Å². The lowest BCUT2D eigenvalue weighted by molar-refractivity contribution is -0.697. The summed E-state index contributed by atoms with van der Waals surface area (Å²) in [7, 11) is 0. The van der Waals surface area contributed by atoms with E-state index in [-0.39, 0.29) is 32.5 Å². The topological polar surface area (TPSA) is 105 Å². The molecule has 3 aromatic heterocycles. The normalized spacial score (nSPS) is 12.0. The predicted molar refractivity (Wildman–Crippen MR) is 231 cm³/mol. The maximum atomic E-state index is 13.5. The second kappa shape index (κ2) is 21.1. The van der Waals surface area contributed by atoms with Crippen LogP contribution in [0.2, 0.25) is 0 Å². The third kappa shape index (κ3) is 10.9. The minimum absolute atomic E-state index is 0.0414. The van der Waals surface area contributed by atoms with Crippen LogP contribution in [0.15, 0.2) is 128 Å². The van der Waals surface area contributed by atoms with Crippen LogP contribution >= 0.6 is 0 Å². The summed E-state index contributed by atoms with van der Waals surface area (Å²) >= 11 is 0. The molecule has 306 valence electrons. The van der Waals surface area contributed by atoms with E-state index in [1.807, 2.05) is 54.6 Å². The summed E-state index contributed by atoms with van der Waals surface area (Å²) in [6.07, 6.45) is 13.1. The molecule has 7 rings (SSSR count). The zero-order chi connectivity index (χ0) is 40.7. The van der Waals surface area contributed by atoms with Gasteiger partial charge in [-0.2, -0.15) is 0 Å². The number of rotatable bonds is 23. The molecule has 0 bridgehead atoms. The Morgan fingerprint density at radius 3 is 1.49 bits per heavy atom. The van der Waals surface area contributed by atoms with Crippen molar-refractivity contribution in [1.82, 2.24) is 14.6 Å². The number of esters is 2. The Morgan fingerprint density at radius 2 is 0.966 bits per heavy atom. The van der Waals surface area contributed by atoms with E-state index < -0.39 is 23.9 Å².